The molecule has 0 fully saturated rings. The highest BCUT2D eigenvalue weighted by Crippen LogP contribution is 2.14. The molecule has 1 heteroatoms. The highest BCUT2D eigenvalue weighted by Gasteiger charge is 2.13. The molecule has 0 saturated heterocycles. The normalized spacial score (nSPS) is 12.0. The van der Waals surface area contributed by atoms with Gasteiger partial charge in [0.25, 0.3) is 11.0 Å². The Morgan fingerprint density at radius 3 is 2.57 bits per heavy atom. The van der Waals surface area contributed by atoms with Crippen molar-refractivity contribution in [2.75, 3.05) is 0 Å². The Hall–Kier alpha value is -1.89. The molecule has 14 heavy (non-hydrogen) atoms. The molecular formula is C13H9N+. The predicted molar refractivity (Wildman–Crippen MR) is 56.6 cm³/mol. The van der Waals surface area contributed by atoms with Crippen LogP contribution >= 0.6 is 0 Å². The van der Waals surface area contributed by atoms with E-state index >= 15 is 0 Å². The van der Waals surface area contributed by atoms with E-state index < -0.39 is 0 Å². The van der Waals surface area contributed by atoms with Crippen LogP contribution in [-0.4, -0.2) is 0 Å². The zero-order valence-corrected chi connectivity index (χ0v) is 7.64. The van der Waals surface area contributed by atoms with Gasteiger partial charge >= 0.3 is 0 Å². The van der Waals surface area contributed by atoms with Gasteiger partial charge in [0.2, 0.25) is 0 Å². The van der Waals surface area contributed by atoms with E-state index in [2.05, 4.69) is 23.2 Å². The van der Waals surface area contributed by atoms with Gasteiger partial charge in [-0.15, -0.1) is 0 Å². The van der Waals surface area contributed by atoms with Crippen LogP contribution in [0, 0.1) is 0 Å². The van der Waals surface area contributed by atoms with E-state index in [0.29, 0.717) is 0 Å². The molecule has 1 aliphatic heterocycles. The molecule has 0 atom stereocenters. The van der Waals surface area contributed by atoms with Gasteiger partial charge in [-0.25, -0.2) is 0 Å². The summed E-state index contributed by atoms with van der Waals surface area (Å²) in [7, 11) is 0. The average molecular weight is 179 g/mol. The minimum Gasteiger partial charge on any atom is -0.0612 e. The highest BCUT2D eigenvalue weighted by atomic mass is 14.7. The molecule has 0 amide bonds. The van der Waals surface area contributed by atoms with Gasteiger partial charge in [0.15, 0.2) is 0 Å². The zero-order chi connectivity index (χ0) is 9.38. The number of hydrogen-bond acceptors (Lipinski definition) is 1. The first-order chi connectivity index (χ1) is 6.93. The smallest absolute Gasteiger partial charge is 0.0612 e. The Kier molecular flexibility index (Phi) is 1.51. The summed E-state index contributed by atoms with van der Waals surface area (Å²) in [5, 5.41) is 2.26. The van der Waals surface area contributed by atoms with Crippen molar-refractivity contribution >= 4 is 11.8 Å². The predicted octanol–water partition coefficient (Wildman–Crippen LogP) is 1.12. The molecule has 1 aliphatic rings. The summed E-state index contributed by atoms with van der Waals surface area (Å²) in [4.78, 5) is 4.58. The average Bonchev–Trinajstić information content (AvgIpc) is 2.26. The second-order valence-electron chi connectivity index (χ2n) is 3.37. The van der Waals surface area contributed by atoms with Crippen LogP contribution in [0.25, 0.3) is 6.08 Å². The van der Waals surface area contributed by atoms with Crippen molar-refractivity contribution in [2.24, 2.45) is 0 Å². The van der Waals surface area contributed by atoms with Crippen LogP contribution < -0.4 is 15.6 Å². The zero-order valence-electron chi connectivity index (χ0n) is 7.64. The van der Waals surface area contributed by atoms with Crippen molar-refractivity contribution in [3.05, 3.63) is 64.7 Å². The third-order valence-corrected chi connectivity index (χ3v) is 2.43. The molecule has 0 aromatic heterocycles. The van der Waals surface area contributed by atoms with Crippen molar-refractivity contribution in [3.8, 4) is 0 Å². The van der Waals surface area contributed by atoms with Gasteiger partial charge in [-0.05, 0) is 18.2 Å². The summed E-state index contributed by atoms with van der Waals surface area (Å²) < 4.78 is 0. The molecule has 2 aromatic rings. The topological polar surface area (TPSA) is 14.1 Å². The van der Waals surface area contributed by atoms with Crippen LogP contribution in [0.2, 0.25) is 0 Å². The molecule has 1 nitrogen and oxygen atoms in total. The second-order valence-corrected chi connectivity index (χ2v) is 3.37. The molecule has 3 rings (SSSR count). The first-order valence-electron chi connectivity index (χ1n) is 4.68. The number of para-hydroxylation sites is 2. The molecule has 0 unspecified atom stereocenters. The number of fused-ring (bicyclic) bond motifs is 2. The van der Waals surface area contributed by atoms with Crippen molar-refractivity contribution in [1.29, 1.82) is 0 Å². The van der Waals surface area contributed by atoms with E-state index in [9.17, 15) is 0 Å². The van der Waals surface area contributed by atoms with Gasteiger partial charge in [-0.1, -0.05) is 24.3 Å². The van der Waals surface area contributed by atoms with Gasteiger partial charge in [0.05, 0.1) is 15.8 Å². The lowest BCUT2D eigenvalue weighted by Gasteiger charge is -1.94. The highest BCUT2D eigenvalue weighted by molar-refractivity contribution is 5.64. The maximum atomic E-state index is 4.58. The molecule has 1 radical (unpaired) electrons. The van der Waals surface area contributed by atoms with E-state index in [1.807, 2.05) is 36.4 Å². The lowest BCUT2D eigenvalue weighted by molar-refractivity contribution is 1.16. The fourth-order valence-corrected chi connectivity index (χ4v) is 1.72. The standard InChI is InChI=1S/C13H9N/c1-3-7-12-10(5-1)9-11-6-2-4-8-13(11)14-12/h1-9H/q+1. The second kappa shape index (κ2) is 2.81. The van der Waals surface area contributed by atoms with Crippen molar-refractivity contribution in [1.82, 2.24) is 4.99 Å². The molecule has 2 aromatic carbocycles. The van der Waals surface area contributed by atoms with Crippen LogP contribution in [-0.2, 0) is 0 Å². The Bertz CT molecular complexity index is 543. The van der Waals surface area contributed by atoms with Gasteiger partial charge in [-0.2, -0.15) is 0 Å². The maximum Gasteiger partial charge on any atom is 0.285 e. The SMILES string of the molecule is C1=c2ccccc2=[N+]c2ccccc21. The monoisotopic (exact) mass is 179 g/mol. The van der Waals surface area contributed by atoms with Gasteiger partial charge in [0, 0.05) is 12.1 Å². The minimum atomic E-state index is 1.06. The van der Waals surface area contributed by atoms with Crippen LogP contribution in [0.15, 0.2) is 48.5 Å². The maximum absolute atomic E-state index is 4.58. The summed E-state index contributed by atoms with van der Waals surface area (Å²) in [6.45, 7) is 0. The molecule has 0 spiro atoms. The van der Waals surface area contributed by atoms with Gasteiger partial charge in [-0.3, -0.25) is 0 Å². The van der Waals surface area contributed by atoms with Crippen LogP contribution in [0.1, 0.15) is 5.56 Å². The summed E-state index contributed by atoms with van der Waals surface area (Å²) >= 11 is 0. The molecule has 0 N–H and O–H groups in total. The largest absolute Gasteiger partial charge is 0.285 e. The van der Waals surface area contributed by atoms with Crippen LogP contribution in [0.3, 0.4) is 0 Å². The minimum absolute atomic E-state index is 1.06. The number of hydrogen-bond donors (Lipinski definition) is 0. The fraction of sp³-hybridized carbons (Fsp3) is 0. The third-order valence-electron chi connectivity index (χ3n) is 2.43. The van der Waals surface area contributed by atoms with E-state index in [0.717, 1.165) is 11.0 Å². The Morgan fingerprint density at radius 1 is 0.786 bits per heavy atom. The summed E-state index contributed by atoms with van der Waals surface area (Å²) in [5.41, 5.74) is 2.26. The Morgan fingerprint density at radius 2 is 1.57 bits per heavy atom. The van der Waals surface area contributed by atoms with Gasteiger partial charge < -0.3 is 0 Å². The van der Waals surface area contributed by atoms with E-state index in [4.69, 9.17) is 0 Å². The lowest BCUT2D eigenvalue weighted by atomic mass is 10.1. The third kappa shape index (κ3) is 1.06. The van der Waals surface area contributed by atoms with Crippen LogP contribution in [0.5, 0.6) is 0 Å². The lowest BCUT2D eigenvalue weighted by Crippen LogP contribution is -2.30. The molecule has 0 saturated carbocycles. The molecule has 1 heterocycles. The summed E-state index contributed by atoms with van der Waals surface area (Å²) in [6.07, 6.45) is 2.18. The Balaban J connectivity index is 2.42. The van der Waals surface area contributed by atoms with E-state index in [-0.39, 0.29) is 0 Å². The Labute approximate surface area is 82.1 Å². The quantitative estimate of drug-likeness (QED) is 0.491. The number of rotatable bonds is 0. The van der Waals surface area contributed by atoms with Crippen molar-refractivity contribution < 1.29 is 0 Å². The first-order valence-corrected chi connectivity index (χ1v) is 4.68. The fourth-order valence-electron chi connectivity index (χ4n) is 1.72. The van der Waals surface area contributed by atoms with Crippen molar-refractivity contribution in [3.63, 3.8) is 0 Å². The number of nitrogens with zero attached hydrogens (tertiary/aromatic N) is 1. The molecule has 0 aliphatic carbocycles. The number of benzene rings is 2. The summed E-state index contributed by atoms with van der Waals surface area (Å²) in [6, 6.07) is 16.4. The molecular weight excluding hydrogens is 170 g/mol. The van der Waals surface area contributed by atoms with Crippen LogP contribution in [0.4, 0.5) is 5.69 Å². The van der Waals surface area contributed by atoms with E-state index in [1.54, 1.807) is 0 Å². The van der Waals surface area contributed by atoms with E-state index in [1.165, 1.54) is 10.8 Å². The van der Waals surface area contributed by atoms with Crippen molar-refractivity contribution in [2.45, 2.75) is 0 Å². The first kappa shape index (κ1) is 7.51. The molecule has 65 valence electrons. The van der Waals surface area contributed by atoms with Gasteiger partial charge in [0.1, 0.15) is 0 Å². The molecule has 0 bridgehead atoms. The summed E-state index contributed by atoms with van der Waals surface area (Å²) in [5.74, 6) is 0.